The first kappa shape index (κ1) is 20.2. The second-order valence-corrected chi connectivity index (χ2v) is 8.27. The normalized spacial score (nSPS) is 19.7. The molecule has 0 bridgehead atoms. The van der Waals surface area contributed by atoms with Gasteiger partial charge in [0.15, 0.2) is 0 Å². The van der Waals surface area contributed by atoms with E-state index in [9.17, 15) is 23.1 Å². The number of rotatable bonds is 4. The summed E-state index contributed by atoms with van der Waals surface area (Å²) in [6.45, 7) is 1.45. The summed E-state index contributed by atoms with van der Waals surface area (Å²) in [7, 11) is 0. The quantitative estimate of drug-likeness (QED) is 0.809. The molecule has 0 atom stereocenters. The number of carbonyl (C=O) groups is 1. The van der Waals surface area contributed by atoms with Gasteiger partial charge in [-0.05, 0) is 17.7 Å². The van der Waals surface area contributed by atoms with Gasteiger partial charge in [0.2, 0.25) is 0 Å². The Morgan fingerprint density at radius 2 is 1.86 bits per heavy atom. The minimum absolute atomic E-state index is 0.109. The number of carbonyl (C=O) groups excluding carboxylic acids is 1. The molecule has 1 aromatic carbocycles. The van der Waals surface area contributed by atoms with Crippen molar-refractivity contribution in [2.75, 3.05) is 26.3 Å². The third-order valence-corrected chi connectivity index (χ3v) is 6.19. The van der Waals surface area contributed by atoms with Crippen LogP contribution in [0, 0.1) is 0 Å². The zero-order valence-corrected chi connectivity index (χ0v) is 16.3. The van der Waals surface area contributed by atoms with Crippen LogP contribution < -0.4 is 4.74 Å². The summed E-state index contributed by atoms with van der Waals surface area (Å²) < 4.78 is 48.8. The maximum Gasteiger partial charge on any atom is 0.425 e. The summed E-state index contributed by atoms with van der Waals surface area (Å²) in [5.41, 5.74) is 0.288. The molecule has 0 saturated carbocycles. The number of benzene rings is 1. The van der Waals surface area contributed by atoms with Crippen LogP contribution >= 0.6 is 11.3 Å². The standard InChI is InChI=1S/C20H20F3NO4S/c21-20(22,23)17-9-16(10-29-17)28-15-5-7-24(8-6-15)18(25)13-1-3-14(4-2-13)19(26)11-27-12-19/h1-4,9-10,15,26H,5-8,11-12H2. The largest absolute Gasteiger partial charge is 0.489 e. The zero-order valence-electron chi connectivity index (χ0n) is 15.4. The fourth-order valence-electron chi connectivity index (χ4n) is 3.47. The minimum atomic E-state index is -4.36. The van der Waals surface area contributed by atoms with E-state index in [1.165, 1.54) is 5.38 Å². The number of thiophene rings is 1. The molecule has 1 N–H and O–H groups in total. The van der Waals surface area contributed by atoms with E-state index in [4.69, 9.17) is 9.47 Å². The second kappa shape index (κ2) is 7.62. The number of piperidine rings is 1. The van der Waals surface area contributed by atoms with Gasteiger partial charge >= 0.3 is 6.18 Å². The molecule has 29 heavy (non-hydrogen) atoms. The number of hydrogen-bond acceptors (Lipinski definition) is 5. The lowest BCUT2D eigenvalue weighted by molar-refractivity contribution is -0.184. The van der Waals surface area contributed by atoms with Crippen LogP contribution in [-0.2, 0) is 16.5 Å². The first-order valence-electron chi connectivity index (χ1n) is 9.27. The Labute approximate surface area is 169 Å². The third kappa shape index (κ3) is 4.26. The van der Waals surface area contributed by atoms with Gasteiger partial charge in [-0.25, -0.2) is 0 Å². The Hall–Kier alpha value is -2.10. The van der Waals surface area contributed by atoms with E-state index in [-0.39, 0.29) is 31.0 Å². The molecule has 2 saturated heterocycles. The molecule has 0 aliphatic carbocycles. The van der Waals surface area contributed by atoms with Crippen LogP contribution in [-0.4, -0.2) is 48.3 Å². The molecule has 2 aromatic rings. The molecular weight excluding hydrogens is 407 g/mol. The fourth-order valence-corrected chi connectivity index (χ4v) is 4.15. The number of amides is 1. The number of halogens is 3. The Morgan fingerprint density at radius 1 is 1.21 bits per heavy atom. The van der Waals surface area contributed by atoms with Crippen LogP contribution in [0.25, 0.3) is 0 Å². The maximum atomic E-state index is 12.7. The van der Waals surface area contributed by atoms with E-state index in [1.807, 2.05) is 0 Å². The van der Waals surface area contributed by atoms with Gasteiger partial charge in [0, 0.05) is 42.9 Å². The monoisotopic (exact) mass is 427 g/mol. The molecule has 1 amide bonds. The Kier molecular flexibility index (Phi) is 5.30. The molecule has 2 aliphatic rings. The smallest absolute Gasteiger partial charge is 0.425 e. The van der Waals surface area contributed by atoms with E-state index >= 15 is 0 Å². The Morgan fingerprint density at radius 3 is 2.38 bits per heavy atom. The highest BCUT2D eigenvalue weighted by atomic mass is 32.1. The van der Waals surface area contributed by atoms with Crippen LogP contribution in [0.5, 0.6) is 5.75 Å². The lowest BCUT2D eigenvalue weighted by Crippen LogP contribution is -2.46. The van der Waals surface area contributed by atoms with Gasteiger partial charge in [-0.2, -0.15) is 13.2 Å². The average molecular weight is 427 g/mol. The van der Waals surface area contributed by atoms with Crippen LogP contribution in [0.15, 0.2) is 35.7 Å². The first-order valence-corrected chi connectivity index (χ1v) is 10.1. The van der Waals surface area contributed by atoms with Gasteiger partial charge < -0.3 is 19.5 Å². The first-order chi connectivity index (χ1) is 13.7. The molecule has 9 heteroatoms. The van der Waals surface area contributed by atoms with Crippen molar-refractivity contribution in [3.05, 3.63) is 51.7 Å². The van der Waals surface area contributed by atoms with Crippen molar-refractivity contribution in [2.45, 2.75) is 30.7 Å². The highest BCUT2D eigenvalue weighted by Crippen LogP contribution is 2.37. The topological polar surface area (TPSA) is 59.0 Å². The molecule has 5 nitrogen and oxygen atoms in total. The molecule has 2 fully saturated rings. The van der Waals surface area contributed by atoms with E-state index in [2.05, 4.69) is 0 Å². The van der Waals surface area contributed by atoms with Crippen molar-refractivity contribution in [3.8, 4) is 5.75 Å². The minimum Gasteiger partial charge on any atom is -0.489 e. The predicted molar refractivity (Wildman–Crippen MR) is 100 cm³/mol. The van der Waals surface area contributed by atoms with Crippen molar-refractivity contribution in [1.82, 2.24) is 4.90 Å². The van der Waals surface area contributed by atoms with Gasteiger partial charge in [0.25, 0.3) is 5.91 Å². The molecular formula is C20H20F3NO4S. The Bertz CT molecular complexity index is 869. The van der Waals surface area contributed by atoms with Crippen molar-refractivity contribution in [3.63, 3.8) is 0 Å². The number of ether oxygens (including phenoxy) is 2. The van der Waals surface area contributed by atoms with Crippen LogP contribution in [0.4, 0.5) is 13.2 Å². The highest BCUT2D eigenvalue weighted by molar-refractivity contribution is 7.10. The lowest BCUT2D eigenvalue weighted by Gasteiger charge is -2.37. The Balaban J connectivity index is 1.31. The van der Waals surface area contributed by atoms with Crippen LogP contribution in [0.2, 0.25) is 0 Å². The van der Waals surface area contributed by atoms with Crippen LogP contribution in [0.1, 0.15) is 33.6 Å². The molecule has 0 spiro atoms. The van der Waals surface area contributed by atoms with Crippen LogP contribution in [0.3, 0.4) is 0 Å². The molecule has 4 rings (SSSR count). The zero-order chi connectivity index (χ0) is 20.6. The van der Waals surface area contributed by atoms with Gasteiger partial charge in [-0.15, -0.1) is 11.3 Å². The van der Waals surface area contributed by atoms with Gasteiger partial charge in [-0.3, -0.25) is 4.79 Å². The van der Waals surface area contributed by atoms with Gasteiger partial charge in [0.05, 0.1) is 13.2 Å². The molecule has 3 heterocycles. The number of alkyl halides is 3. The number of aliphatic hydroxyl groups is 1. The molecule has 0 unspecified atom stereocenters. The molecule has 2 aliphatic heterocycles. The number of likely N-dealkylation sites (tertiary alicyclic amines) is 1. The second-order valence-electron chi connectivity index (χ2n) is 7.36. The summed E-state index contributed by atoms with van der Waals surface area (Å²) in [6.07, 6.45) is -3.47. The van der Waals surface area contributed by atoms with E-state index in [0.717, 1.165) is 11.6 Å². The molecule has 156 valence electrons. The van der Waals surface area contributed by atoms with Crippen molar-refractivity contribution < 1.29 is 32.5 Å². The number of nitrogens with zero attached hydrogens (tertiary/aromatic N) is 1. The SMILES string of the molecule is O=C(c1ccc(C2(O)COC2)cc1)N1CCC(Oc2csc(C(F)(F)F)c2)CC1. The summed E-state index contributed by atoms with van der Waals surface area (Å²) in [5.74, 6) is 0.113. The summed E-state index contributed by atoms with van der Waals surface area (Å²) in [5, 5.41) is 11.6. The average Bonchev–Trinajstić information content (AvgIpc) is 3.15. The number of hydrogen-bond donors (Lipinski definition) is 1. The predicted octanol–water partition coefficient (Wildman–Crippen LogP) is 3.67. The van der Waals surface area contributed by atoms with Crippen molar-refractivity contribution >= 4 is 17.2 Å². The highest BCUT2D eigenvalue weighted by Gasteiger charge is 2.38. The van der Waals surface area contributed by atoms with E-state index in [0.29, 0.717) is 42.8 Å². The van der Waals surface area contributed by atoms with Gasteiger partial charge in [0.1, 0.15) is 22.3 Å². The van der Waals surface area contributed by atoms with Crippen molar-refractivity contribution in [2.24, 2.45) is 0 Å². The van der Waals surface area contributed by atoms with Crippen molar-refractivity contribution in [1.29, 1.82) is 0 Å². The molecule has 0 radical (unpaired) electrons. The maximum absolute atomic E-state index is 12.7. The van der Waals surface area contributed by atoms with Gasteiger partial charge in [-0.1, -0.05) is 12.1 Å². The van der Waals surface area contributed by atoms with E-state index in [1.54, 1.807) is 29.2 Å². The molecule has 1 aromatic heterocycles. The summed E-state index contributed by atoms with van der Waals surface area (Å²) in [6, 6.07) is 7.88. The van der Waals surface area contributed by atoms with E-state index < -0.39 is 16.7 Å². The third-order valence-electron chi connectivity index (χ3n) is 5.24. The summed E-state index contributed by atoms with van der Waals surface area (Å²) in [4.78, 5) is 13.7. The lowest BCUT2D eigenvalue weighted by atomic mass is 9.91. The fraction of sp³-hybridized carbons (Fsp3) is 0.450. The summed E-state index contributed by atoms with van der Waals surface area (Å²) >= 11 is 0.616.